The SMILES string of the molecule is CN(C)C(=O)Nc1cnn(CC(=O)NCc2ccco2)n1. The Morgan fingerprint density at radius 3 is 2.90 bits per heavy atom. The molecule has 2 heterocycles. The third-order valence-electron chi connectivity index (χ3n) is 2.50. The van der Waals surface area contributed by atoms with Gasteiger partial charge in [-0.3, -0.25) is 10.1 Å². The Bertz CT molecular complexity index is 604. The van der Waals surface area contributed by atoms with Crippen LogP contribution in [0.5, 0.6) is 0 Å². The van der Waals surface area contributed by atoms with Gasteiger partial charge in [-0.1, -0.05) is 0 Å². The normalized spacial score (nSPS) is 10.2. The van der Waals surface area contributed by atoms with Gasteiger partial charge >= 0.3 is 6.03 Å². The number of amides is 3. The largest absolute Gasteiger partial charge is 0.467 e. The molecule has 0 unspecified atom stereocenters. The molecule has 0 radical (unpaired) electrons. The first kappa shape index (κ1) is 14.6. The average Bonchev–Trinajstić information content (AvgIpc) is 3.08. The van der Waals surface area contributed by atoms with E-state index >= 15 is 0 Å². The predicted molar refractivity (Wildman–Crippen MR) is 73.3 cm³/mol. The van der Waals surface area contributed by atoms with Crippen molar-refractivity contribution in [2.75, 3.05) is 19.4 Å². The van der Waals surface area contributed by atoms with Crippen LogP contribution >= 0.6 is 0 Å². The summed E-state index contributed by atoms with van der Waals surface area (Å²) < 4.78 is 5.10. The molecule has 9 nitrogen and oxygen atoms in total. The molecule has 2 aromatic rings. The van der Waals surface area contributed by atoms with Crippen LogP contribution in [0.25, 0.3) is 0 Å². The Kier molecular flexibility index (Phi) is 4.54. The van der Waals surface area contributed by atoms with Crippen molar-refractivity contribution in [1.82, 2.24) is 25.2 Å². The minimum atomic E-state index is -0.315. The summed E-state index contributed by atoms with van der Waals surface area (Å²) in [5.41, 5.74) is 0. The number of nitrogens with zero attached hydrogens (tertiary/aromatic N) is 4. The van der Waals surface area contributed by atoms with Gasteiger partial charge in [0, 0.05) is 14.1 Å². The van der Waals surface area contributed by atoms with E-state index in [0.29, 0.717) is 12.3 Å². The average molecular weight is 292 g/mol. The van der Waals surface area contributed by atoms with Gasteiger partial charge in [-0.25, -0.2) is 4.79 Å². The zero-order valence-electron chi connectivity index (χ0n) is 11.7. The first-order valence-electron chi connectivity index (χ1n) is 6.22. The highest BCUT2D eigenvalue weighted by atomic mass is 16.3. The van der Waals surface area contributed by atoms with Crippen molar-refractivity contribution < 1.29 is 14.0 Å². The molecule has 0 aliphatic heterocycles. The van der Waals surface area contributed by atoms with Crippen LogP contribution in [0.15, 0.2) is 29.0 Å². The van der Waals surface area contributed by atoms with Gasteiger partial charge in [-0.15, -0.1) is 5.10 Å². The lowest BCUT2D eigenvalue weighted by Gasteiger charge is -2.09. The van der Waals surface area contributed by atoms with Crippen LogP contribution in [0.1, 0.15) is 5.76 Å². The second-order valence-corrected chi connectivity index (χ2v) is 4.44. The summed E-state index contributed by atoms with van der Waals surface area (Å²) in [6.45, 7) is 0.260. The number of aromatic nitrogens is 3. The third kappa shape index (κ3) is 4.34. The van der Waals surface area contributed by atoms with E-state index < -0.39 is 0 Å². The number of anilines is 1. The molecule has 2 aromatic heterocycles. The van der Waals surface area contributed by atoms with E-state index in [1.807, 2.05) is 0 Å². The van der Waals surface area contributed by atoms with E-state index in [2.05, 4.69) is 20.8 Å². The number of rotatable bonds is 5. The van der Waals surface area contributed by atoms with Crippen molar-refractivity contribution in [2.24, 2.45) is 0 Å². The lowest BCUT2D eigenvalue weighted by molar-refractivity contribution is -0.122. The predicted octanol–water partition coefficient (Wildman–Crippen LogP) is 0.281. The van der Waals surface area contributed by atoms with Crippen molar-refractivity contribution in [2.45, 2.75) is 13.1 Å². The summed E-state index contributed by atoms with van der Waals surface area (Å²) in [5.74, 6) is 0.690. The molecule has 21 heavy (non-hydrogen) atoms. The summed E-state index contributed by atoms with van der Waals surface area (Å²) in [7, 11) is 3.23. The molecule has 0 fully saturated rings. The van der Waals surface area contributed by atoms with Crippen LogP contribution in [0, 0.1) is 0 Å². The van der Waals surface area contributed by atoms with Gasteiger partial charge in [-0.2, -0.15) is 9.90 Å². The molecule has 0 spiro atoms. The van der Waals surface area contributed by atoms with E-state index in [9.17, 15) is 9.59 Å². The van der Waals surface area contributed by atoms with Crippen molar-refractivity contribution in [3.8, 4) is 0 Å². The first-order chi connectivity index (χ1) is 10.0. The van der Waals surface area contributed by atoms with E-state index in [1.54, 1.807) is 26.2 Å². The van der Waals surface area contributed by atoms with Gasteiger partial charge in [0.05, 0.1) is 19.0 Å². The van der Waals surface area contributed by atoms with Crippen molar-refractivity contribution in [3.63, 3.8) is 0 Å². The molecule has 9 heteroatoms. The molecule has 112 valence electrons. The fourth-order valence-corrected chi connectivity index (χ4v) is 1.44. The highest BCUT2D eigenvalue weighted by Crippen LogP contribution is 2.01. The molecule has 0 saturated carbocycles. The fraction of sp³-hybridized carbons (Fsp3) is 0.333. The number of carbonyl (C=O) groups excluding carboxylic acids is 2. The molecular formula is C12H16N6O3. The monoisotopic (exact) mass is 292 g/mol. The minimum absolute atomic E-state index is 0.0431. The van der Waals surface area contributed by atoms with Crippen LogP contribution in [-0.2, 0) is 17.9 Å². The van der Waals surface area contributed by atoms with Gasteiger partial charge in [0.25, 0.3) is 0 Å². The molecule has 0 aromatic carbocycles. The molecule has 0 saturated heterocycles. The maximum atomic E-state index is 11.7. The highest BCUT2D eigenvalue weighted by Gasteiger charge is 2.09. The second kappa shape index (κ2) is 6.55. The van der Waals surface area contributed by atoms with Crippen LogP contribution in [0.2, 0.25) is 0 Å². The Morgan fingerprint density at radius 2 is 2.24 bits per heavy atom. The molecule has 2 rings (SSSR count). The minimum Gasteiger partial charge on any atom is -0.467 e. The standard InChI is InChI=1S/C12H16N6O3/c1-17(2)12(20)15-10-7-14-18(16-10)8-11(19)13-6-9-4-3-5-21-9/h3-5,7H,6,8H2,1-2H3,(H,13,19)(H,15,16,20). The molecule has 0 bridgehead atoms. The summed E-state index contributed by atoms with van der Waals surface area (Å²) in [6, 6.07) is 3.20. The Hall–Kier alpha value is -2.84. The maximum Gasteiger partial charge on any atom is 0.322 e. The number of nitrogens with one attached hydrogen (secondary N) is 2. The zero-order valence-corrected chi connectivity index (χ0v) is 11.7. The zero-order chi connectivity index (χ0) is 15.2. The molecular weight excluding hydrogens is 276 g/mol. The molecule has 0 aliphatic rings. The number of urea groups is 1. The van der Waals surface area contributed by atoms with E-state index in [1.165, 1.54) is 22.2 Å². The number of carbonyl (C=O) groups is 2. The smallest absolute Gasteiger partial charge is 0.322 e. The van der Waals surface area contributed by atoms with Crippen LogP contribution in [0.3, 0.4) is 0 Å². The van der Waals surface area contributed by atoms with Gasteiger partial charge in [0.2, 0.25) is 5.91 Å². The topological polar surface area (TPSA) is 105 Å². The Morgan fingerprint density at radius 1 is 1.43 bits per heavy atom. The van der Waals surface area contributed by atoms with Crippen LogP contribution in [0.4, 0.5) is 10.6 Å². The molecule has 2 N–H and O–H groups in total. The van der Waals surface area contributed by atoms with Crippen LogP contribution in [-0.4, -0.2) is 45.9 Å². The van der Waals surface area contributed by atoms with Crippen LogP contribution < -0.4 is 10.6 Å². The quantitative estimate of drug-likeness (QED) is 0.823. The molecule has 3 amide bonds. The summed E-state index contributed by atoms with van der Waals surface area (Å²) in [6.07, 6.45) is 2.91. The van der Waals surface area contributed by atoms with E-state index in [4.69, 9.17) is 4.42 Å². The van der Waals surface area contributed by atoms with E-state index in [0.717, 1.165) is 0 Å². The summed E-state index contributed by atoms with van der Waals surface area (Å²) in [5, 5.41) is 13.1. The lowest BCUT2D eigenvalue weighted by Crippen LogP contribution is -2.28. The number of furan rings is 1. The maximum absolute atomic E-state index is 11.7. The molecule has 0 aliphatic carbocycles. The Balaban J connectivity index is 1.81. The summed E-state index contributed by atoms with van der Waals surface area (Å²) in [4.78, 5) is 25.7. The van der Waals surface area contributed by atoms with Gasteiger partial charge in [-0.05, 0) is 12.1 Å². The summed E-state index contributed by atoms with van der Waals surface area (Å²) >= 11 is 0. The van der Waals surface area contributed by atoms with Gasteiger partial charge < -0.3 is 14.6 Å². The first-order valence-corrected chi connectivity index (χ1v) is 6.22. The highest BCUT2D eigenvalue weighted by molar-refractivity contribution is 5.87. The fourth-order valence-electron chi connectivity index (χ4n) is 1.44. The van der Waals surface area contributed by atoms with Gasteiger partial charge in [0.1, 0.15) is 12.3 Å². The Labute approximate surface area is 120 Å². The number of hydrogen-bond acceptors (Lipinski definition) is 5. The van der Waals surface area contributed by atoms with Crippen molar-refractivity contribution >= 4 is 17.8 Å². The second-order valence-electron chi connectivity index (χ2n) is 4.44. The third-order valence-corrected chi connectivity index (χ3v) is 2.50. The lowest BCUT2D eigenvalue weighted by atomic mass is 10.4. The van der Waals surface area contributed by atoms with Crippen molar-refractivity contribution in [3.05, 3.63) is 30.4 Å². The number of hydrogen-bond donors (Lipinski definition) is 2. The van der Waals surface area contributed by atoms with E-state index in [-0.39, 0.29) is 24.3 Å². The molecule has 0 atom stereocenters. The van der Waals surface area contributed by atoms with Gasteiger partial charge in [0.15, 0.2) is 5.82 Å². The van der Waals surface area contributed by atoms with Crippen molar-refractivity contribution in [1.29, 1.82) is 0 Å².